The van der Waals surface area contributed by atoms with E-state index in [2.05, 4.69) is 47.0 Å². The van der Waals surface area contributed by atoms with Gasteiger partial charge in [-0.05, 0) is 43.3 Å². The Hall–Kier alpha value is -3.62. The van der Waals surface area contributed by atoms with Crippen LogP contribution < -0.4 is 26.5 Å². The summed E-state index contributed by atoms with van der Waals surface area (Å²) in [7, 11) is -2.55. The molecular formula is C33H30F6N3PS. The molecule has 2 atom stereocenters. The number of thiocarbonyl (C=S) groups is 1. The molecule has 0 radical (unpaired) electrons. The maximum absolute atomic E-state index is 13.4. The standard InChI is InChI=1S/C33H30F6N3PS/c34-32(35,36)23-20-24(33(37,38)39)22-25(21-23)40-31(44)41-29-18-10-11-19-30(29)42-43(26-12-4-1-5-13-26,27-14-6-2-7-15-27)28-16-8-3-9-17-28/h1-9,12-17,20-22,29-30H,10-11,18-19H2,(H2,40,41,44)/t29-,30-/m0/s1. The maximum Gasteiger partial charge on any atom is 0.416 e. The van der Waals surface area contributed by atoms with Crippen LogP contribution in [0.15, 0.2) is 114 Å². The van der Waals surface area contributed by atoms with Crippen LogP contribution in [0.1, 0.15) is 36.8 Å². The minimum Gasteiger partial charge on any atom is -0.358 e. The van der Waals surface area contributed by atoms with E-state index in [0.717, 1.165) is 35.2 Å². The lowest BCUT2D eigenvalue weighted by Crippen LogP contribution is -2.46. The number of alkyl halides is 6. The quantitative estimate of drug-likeness (QED) is 0.126. The zero-order valence-corrected chi connectivity index (χ0v) is 25.2. The van der Waals surface area contributed by atoms with Gasteiger partial charge in [-0.2, -0.15) is 26.3 Å². The van der Waals surface area contributed by atoms with Crippen LogP contribution in [0, 0.1) is 0 Å². The SMILES string of the molecule is FC(F)(F)c1cc(NC(=S)N[C@H]2CCCC[C@@H]2N=P(c2ccccc2)(c2ccccc2)c2ccccc2)cc(C(F)(F)F)c1. The highest BCUT2D eigenvalue weighted by atomic mass is 32.1. The van der Waals surface area contributed by atoms with Gasteiger partial charge in [-0.15, -0.1) is 0 Å². The van der Waals surface area contributed by atoms with Crippen molar-refractivity contribution in [1.82, 2.24) is 5.32 Å². The molecule has 4 aromatic rings. The van der Waals surface area contributed by atoms with Crippen molar-refractivity contribution in [2.24, 2.45) is 4.74 Å². The molecule has 0 aliphatic heterocycles. The van der Waals surface area contributed by atoms with Crippen LogP contribution in [-0.4, -0.2) is 17.2 Å². The summed E-state index contributed by atoms with van der Waals surface area (Å²) in [6.07, 6.45) is -6.69. The lowest BCUT2D eigenvalue weighted by atomic mass is 9.91. The smallest absolute Gasteiger partial charge is 0.358 e. The first-order valence-corrected chi connectivity index (χ1v) is 16.3. The number of rotatable bonds is 6. The van der Waals surface area contributed by atoms with E-state index in [0.29, 0.717) is 18.6 Å². The van der Waals surface area contributed by atoms with Crippen LogP contribution >= 0.6 is 19.3 Å². The number of benzene rings is 4. The molecule has 0 bridgehead atoms. The zero-order valence-electron chi connectivity index (χ0n) is 23.4. The number of hydrogen-bond donors (Lipinski definition) is 2. The van der Waals surface area contributed by atoms with Gasteiger partial charge in [0.15, 0.2) is 5.11 Å². The van der Waals surface area contributed by atoms with E-state index in [-0.39, 0.29) is 23.3 Å². The van der Waals surface area contributed by atoms with Crippen molar-refractivity contribution in [3.05, 3.63) is 120 Å². The second-order valence-corrected chi connectivity index (χ2v) is 14.1. The summed E-state index contributed by atoms with van der Waals surface area (Å²) in [5, 5.41) is 8.94. The third-order valence-corrected chi connectivity index (χ3v) is 11.6. The Kier molecular flexibility index (Phi) is 9.51. The molecule has 230 valence electrons. The average molecular weight is 646 g/mol. The molecule has 44 heavy (non-hydrogen) atoms. The Morgan fingerprint density at radius 2 is 1.09 bits per heavy atom. The van der Waals surface area contributed by atoms with E-state index < -0.39 is 36.2 Å². The van der Waals surface area contributed by atoms with Gasteiger partial charge in [0, 0.05) is 21.6 Å². The van der Waals surface area contributed by atoms with Crippen LogP contribution in [0.2, 0.25) is 0 Å². The van der Waals surface area contributed by atoms with Gasteiger partial charge in [0.2, 0.25) is 0 Å². The normalized spacial score (nSPS) is 17.5. The zero-order chi connectivity index (χ0) is 31.4. The number of anilines is 1. The number of hydrogen-bond acceptors (Lipinski definition) is 2. The Morgan fingerprint density at radius 1 is 0.659 bits per heavy atom. The summed E-state index contributed by atoms with van der Waals surface area (Å²) in [6.45, 7) is 0. The third kappa shape index (κ3) is 7.19. The summed E-state index contributed by atoms with van der Waals surface area (Å²) in [4.78, 5) is 0. The third-order valence-electron chi connectivity index (χ3n) is 7.60. The van der Waals surface area contributed by atoms with Crippen molar-refractivity contribution in [1.29, 1.82) is 0 Å². The molecule has 0 unspecified atom stereocenters. The highest BCUT2D eigenvalue weighted by Gasteiger charge is 2.37. The van der Waals surface area contributed by atoms with E-state index in [9.17, 15) is 26.3 Å². The van der Waals surface area contributed by atoms with E-state index in [1.165, 1.54) is 0 Å². The summed E-state index contributed by atoms with van der Waals surface area (Å²) >= 11 is 5.45. The monoisotopic (exact) mass is 645 g/mol. The van der Waals surface area contributed by atoms with Crippen LogP contribution in [-0.2, 0) is 12.4 Å². The van der Waals surface area contributed by atoms with Crippen molar-refractivity contribution in [2.45, 2.75) is 50.1 Å². The van der Waals surface area contributed by atoms with Crippen LogP contribution in [0.4, 0.5) is 32.0 Å². The first kappa shape index (κ1) is 31.8. The molecular weight excluding hydrogens is 615 g/mol. The number of nitrogens with zero attached hydrogens (tertiary/aromatic N) is 1. The van der Waals surface area contributed by atoms with Crippen molar-refractivity contribution in [3.63, 3.8) is 0 Å². The second-order valence-electron chi connectivity index (χ2n) is 10.6. The second kappa shape index (κ2) is 13.2. The molecule has 0 saturated heterocycles. The molecule has 0 heterocycles. The lowest BCUT2D eigenvalue weighted by molar-refractivity contribution is -0.143. The summed E-state index contributed by atoms with van der Waals surface area (Å²) in [6, 6.07) is 31.2. The predicted molar refractivity (Wildman–Crippen MR) is 169 cm³/mol. The van der Waals surface area contributed by atoms with Crippen molar-refractivity contribution in [3.8, 4) is 0 Å². The molecule has 1 fully saturated rings. The fourth-order valence-corrected chi connectivity index (χ4v) is 9.68. The molecule has 11 heteroatoms. The van der Waals surface area contributed by atoms with E-state index in [1.54, 1.807) is 0 Å². The van der Waals surface area contributed by atoms with Crippen molar-refractivity contribution >= 4 is 46.0 Å². The highest BCUT2D eigenvalue weighted by molar-refractivity contribution is 7.87. The van der Waals surface area contributed by atoms with E-state index >= 15 is 0 Å². The Labute approximate surface area is 257 Å². The molecule has 1 aliphatic carbocycles. The fourth-order valence-electron chi connectivity index (χ4n) is 5.58. The van der Waals surface area contributed by atoms with Gasteiger partial charge in [0.1, 0.15) is 0 Å². The van der Waals surface area contributed by atoms with Gasteiger partial charge in [-0.1, -0.05) is 104 Å². The molecule has 0 aromatic heterocycles. The molecule has 5 rings (SSSR count). The van der Waals surface area contributed by atoms with Gasteiger partial charge < -0.3 is 10.6 Å². The predicted octanol–water partition coefficient (Wildman–Crippen LogP) is 8.50. The van der Waals surface area contributed by atoms with Gasteiger partial charge in [0.25, 0.3) is 0 Å². The first-order chi connectivity index (χ1) is 21.0. The largest absolute Gasteiger partial charge is 0.416 e. The number of nitrogens with one attached hydrogen (secondary N) is 2. The Balaban J connectivity index is 1.53. The topological polar surface area (TPSA) is 36.4 Å². The van der Waals surface area contributed by atoms with Crippen molar-refractivity contribution < 1.29 is 26.3 Å². The molecule has 1 saturated carbocycles. The average Bonchev–Trinajstić information content (AvgIpc) is 3.01. The summed E-state index contributed by atoms with van der Waals surface area (Å²) in [5.74, 6) is 0. The fraction of sp³-hybridized carbons (Fsp3) is 0.242. The molecule has 0 spiro atoms. The summed E-state index contributed by atoms with van der Waals surface area (Å²) < 4.78 is 86.2. The molecule has 2 N–H and O–H groups in total. The Morgan fingerprint density at radius 3 is 1.52 bits per heavy atom. The first-order valence-electron chi connectivity index (χ1n) is 14.1. The molecule has 3 nitrogen and oxygen atoms in total. The van der Waals surface area contributed by atoms with Gasteiger partial charge in [-0.3, -0.25) is 4.74 Å². The van der Waals surface area contributed by atoms with Gasteiger partial charge >= 0.3 is 12.4 Å². The van der Waals surface area contributed by atoms with Crippen molar-refractivity contribution in [2.75, 3.05) is 5.32 Å². The lowest BCUT2D eigenvalue weighted by Gasteiger charge is -2.35. The van der Waals surface area contributed by atoms with E-state index in [4.69, 9.17) is 17.0 Å². The number of halogens is 6. The minimum absolute atomic E-state index is 0.0624. The van der Waals surface area contributed by atoms with Gasteiger partial charge in [-0.25, -0.2) is 0 Å². The summed E-state index contributed by atoms with van der Waals surface area (Å²) in [5.41, 5.74) is -3.22. The van der Waals surface area contributed by atoms with Crippen LogP contribution in [0.3, 0.4) is 0 Å². The van der Waals surface area contributed by atoms with Crippen LogP contribution in [0.5, 0.6) is 0 Å². The molecule has 4 aromatic carbocycles. The van der Waals surface area contributed by atoms with E-state index in [1.807, 2.05) is 54.6 Å². The highest BCUT2D eigenvalue weighted by Crippen LogP contribution is 2.48. The van der Waals surface area contributed by atoms with Crippen LogP contribution in [0.25, 0.3) is 0 Å². The minimum atomic E-state index is -4.96. The molecule has 0 amide bonds. The Bertz CT molecular complexity index is 1490. The van der Waals surface area contributed by atoms with Gasteiger partial charge in [0.05, 0.1) is 30.3 Å². The maximum atomic E-state index is 13.4. The molecule has 1 aliphatic rings.